The van der Waals surface area contributed by atoms with Crippen molar-refractivity contribution in [2.75, 3.05) is 0 Å². The lowest BCUT2D eigenvalue weighted by Crippen LogP contribution is -2.11. The van der Waals surface area contributed by atoms with E-state index in [9.17, 15) is 9.59 Å². The first kappa shape index (κ1) is 7.94. The normalized spacial score (nSPS) is 9.56. The van der Waals surface area contributed by atoms with E-state index < -0.39 is 18.4 Å². The topological polar surface area (TPSA) is 74.6 Å². The Kier molecular flexibility index (Phi) is 2.70. The Morgan fingerprint density at radius 1 is 1.33 bits per heavy atom. The molecule has 0 unspecified atom stereocenters. The zero-order chi connectivity index (χ0) is 7.44. The molecule has 0 spiro atoms. The highest BCUT2D eigenvalue weighted by Gasteiger charge is 2.14. The summed E-state index contributed by atoms with van der Waals surface area (Å²) in [5, 5.41) is 16.2. The first-order valence-electron chi connectivity index (χ1n) is 2.31. The van der Waals surface area contributed by atoms with Gasteiger partial charge >= 0.3 is 11.9 Å². The number of carboxylic acid groups (broad SMARTS) is 2. The van der Waals surface area contributed by atoms with Gasteiger partial charge in [-0.3, -0.25) is 9.59 Å². The fourth-order valence-corrected chi connectivity index (χ4v) is 0.302. The zero-order valence-corrected chi connectivity index (χ0v) is 4.92. The molecule has 0 saturated carbocycles. The van der Waals surface area contributed by atoms with Gasteiger partial charge in [-0.05, 0) is 6.92 Å². The van der Waals surface area contributed by atoms with Crippen LogP contribution in [0, 0.1) is 5.92 Å². The molecule has 0 atom stereocenters. The predicted octanol–water partition coefficient (Wildman–Crippen LogP) is 0.140. The van der Waals surface area contributed by atoms with E-state index in [1.165, 1.54) is 6.92 Å². The van der Waals surface area contributed by atoms with Crippen LogP contribution in [0.3, 0.4) is 0 Å². The van der Waals surface area contributed by atoms with Crippen LogP contribution in [0.5, 0.6) is 0 Å². The lowest BCUT2D eigenvalue weighted by molar-refractivity contribution is -0.141. The minimum atomic E-state index is -1.16. The number of carbonyl (C=O) groups is 2. The summed E-state index contributed by atoms with van der Waals surface area (Å²) in [5.74, 6) is -2.32. The van der Waals surface area contributed by atoms with E-state index in [1.54, 1.807) is 0 Å². The van der Waals surface area contributed by atoms with E-state index in [0.29, 0.717) is 0 Å². The largest absolute Gasteiger partial charge is 0.481 e. The number of carboxylic acids is 2. The fraction of sp³-hybridized carbons (Fsp3) is 0.400. The summed E-state index contributed by atoms with van der Waals surface area (Å²) in [6.07, 6.45) is -0.394. The Hall–Kier alpha value is -1.06. The maximum Gasteiger partial charge on any atom is 0.311 e. The van der Waals surface area contributed by atoms with Crippen LogP contribution in [0.1, 0.15) is 13.3 Å². The molecule has 0 aliphatic rings. The van der Waals surface area contributed by atoms with E-state index in [2.05, 4.69) is 0 Å². The molecular weight excluding hydrogens is 124 g/mol. The van der Waals surface area contributed by atoms with Crippen molar-refractivity contribution in [2.24, 2.45) is 0 Å². The van der Waals surface area contributed by atoms with Gasteiger partial charge in [0.1, 0.15) is 0 Å². The third-order valence-corrected chi connectivity index (χ3v) is 0.781. The molecule has 0 bridgehead atoms. The average Bonchev–Trinajstić information content (AvgIpc) is 1.63. The monoisotopic (exact) mass is 131 g/mol. The van der Waals surface area contributed by atoms with Crippen molar-refractivity contribution < 1.29 is 19.8 Å². The summed E-state index contributed by atoms with van der Waals surface area (Å²) in [7, 11) is 0. The van der Waals surface area contributed by atoms with Crippen LogP contribution in [0.25, 0.3) is 0 Å². The molecule has 0 aromatic heterocycles. The maximum atomic E-state index is 9.93. The summed E-state index contributed by atoms with van der Waals surface area (Å²) in [4.78, 5) is 19.8. The van der Waals surface area contributed by atoms with Gasteiger partial charge in [0.15, 0.2) is 0 Å². The van der Waals surface area contributed by atoms with Gasteiger partial charge in [0.25, 0.3) is 0 Å². The second kappa shape index (κ2) is 3.06. The summed E-state index contributed by atoms with van der Waals surface area (Å²) in [6, 6.07) is 0. The van der Waals surface area contributed by atoms with Gasteiger partial charge < -0.3 is 10.2 Å². The molecule has 1 radical (unpaired) electrons. The molecule has 0 rings (SSSR count). The fourth-order valence-electron chi connectivity index (χ4n) is 0.302. The Balaban J connectivity index is 3.63. The van der Waals surface area contributed by atoms with E-state index in [1.807, 2.05) is 0 Å². The van der Waals surface area contributed by atoms with Gasteiger partial charge in [-0.15, -0.1) is 0 Å². The molecule has 9 heavy (non-hydrogen) atoms. The zero-order valence-electron chi connectivity index (χ0n) is 4.92. The van der Waals surface area contributed by atoms with Crippen molar-refractivity contribution in [2.45, 2.75) is 13.3 Å². The average molecular weight is 131 g/mol. The van der Waals surface area contributed by atoms with Crippen molar-refractivity contribution >= 4 is 11.9 Å². The molecular formula is C5H7O4. The predicted molar refractivity (Wildman–Crippen MR) is 28.8 cm³/mol. The molecule has 0 heterocycles. The molecule has 4 heteroatoms. The van der Waals surface area contributed by atoms with E-state index in [0.717, 1.165) is 0 Å². The van der Waals surface area contributed by atoms with Gasteiger partial charge in [-0.25, -0.2) is 0 Å². The SMILES string of the molecule is C[C](CC(=O)O)C(=O)O. The first-order chi connectivity index (χ1) is 4.04. The van der Waals surface area contributed by atoms with Crippen LogP contribution in [0.4, 0.5) is 0 Å². The number of aliphatic carboxylic acids is 2. The van der Waals surface area contributed by atoms with E-state index in [4.69, 9.17) is 10.2 Å². The third-order valence-electron chi connectivity index (χ3n) is 0.781. The van der Waals surface area contributed by atoms with Crippen LogP contribution >= 0.6 is 0 Å². The van der Waals surface area contributed by atoms with Gasteiger partial charge in [-0.1, -0.05) is 0 Å². The van der Waals surface area contributed by atoms with Crippen LogP contribution < -0.4 is 0 Å². The molecule has 0 amide bonds. The van der Waals surface area contributed by atoms with Crippen molar-refractivity contribution in [1.82, 2.24) is 0 Å². The maximum absolute atomic E-state index is 9.93. The smallest absolute Gasteiger partial charge is 0.311 e. The molecule has 0 aromatic rings. The van der Waals surface area contributed by atoms with Crippen molar-refractivity contribution in [1.29, 1.82) is 0 Å². The third kappa shape index (κ3) is 3.52. The molecule has 51 valence electrons. The minimum absolute atomic E-state index is 0.0532. The number of hydrogen-bond donors (Lipinski definition) is 2. The summed E-state index contributed by atoms with van der Waals surface area (Å²) < 4.78 is 0. The van der Waals surface area contributed by atoms with Gasteiger partial charge in [-0.2, -0.15) is 0 Å². The highest BCUT2D eigenvalue weighted by molar-refractivity contribution is 5.87. The molecule has 2 N–H and O–H groups in total. The van der Waals surface area contributed by atoms with Crippen LogP contribution in [0.15, 0.2) is 0 Å². The minimum Gasteiger partial charge on any atom is -0.481 e. The lowest BCUT2D eigenvalue weighted by atomic mass is 10.1. The molecule has 0 fully saturated rings. The standard InChI is InChI=1S/C5H7O4/c1-3(5(8)9)2-4(6)7/h2H2,1H3,(H,6,7)(H,8,9). The second-order valence-electron chi connectivity index (χ2n) is 1.66. The van der Waals surface area contributed by atoms with Gasteiger partial charge in [0.05, 0.1) is 12.3 Å². The molecule has 0 aromatic carbocycles. The van der Waals surface area contributed by atoms with Crippen molar-refractivity contribution in [3.63, 3.8) is 0 Å². The Bertz CT molecular complexity index is 129. The summed E-state index contributed by atoms with van der Waals surface area (Å²) in [6.45, 7) is 1.27. The second-order valence-corrected chi connectivity index (χ2v) is 1.66. The molecule has 0 aliphatic heterocycles. The van der Waals surface area contributed by atoms with E-state index in [-0.39, 0.29) is 5.92 Å². The Labute approximate surface area is 52.1 Å². The van der Waals surface area contributed by atoms with Crippen molar-refractivity contribution in [3.8, 4) is 0 Å². The number of hydrogen-bond acceptors (Lipinski definition) is 2. The highest BCUT2D eigenvalue weighted by Crippen LogP contribution is 2.02. The quantitative estimate of drug-likeness (QED) is 0.571. The van der Waals surface area contributed by atoms with Gasteiger partial charge in [0, 0.05) is 0 Å². The highest BCUT2D eigenvalue weighted by atomic mass is 16.4. The van der Waals surface area contributed by atoms with Crippen LogP contribution in [-0.2, 0) is 9.59 Å². The van der Waals surface area contributed by atoms with Crippen LogP contribution in [0.2, 0.25) is 0 Å². The molecule has 4 nitrogen and oxygen atoms in total. The van der Waals surface area contributed by atoms with Gasteiger partial charge in [0.2, 0.25) is 0 Å². The first-order valence-corrected chi connectivity index (χ1v) is 2.31. The summed E-state index contributed by atoms with van der Waals surface area (Å²) in [5.41, 5.74) is 0. The Morgan fingerprint density at radius 3 is 1.89 bits per heavy atom. The molecule has 0 saturated heterocycles. The number of rotatable bonds is 3. The lowest BCUT2D eigenvalue weighted by Gasteiger charge is -1.97. The van der Waals surface area contributed by atoms with Crippen LogP contribution in [-0.4, -0.2) is 22.2 Å². The van der Waals surface area contributed by atoms with E-state index >= 15 is 0 Å². The molecule has 0 aliphatic carbocycles. The Morgan fingerprint density at radius 2 is 1.78 bits per heavy atom. The summed E-state index contributed by atoms with van der Waals surface area (Å²) >= 11 is 0. The van der Waals surface area contributed by atoms with Crippen molar-refractivity contribution in [3.05, 3.63) is 5.92 Å².